The van der Waals surface area contributed by atoms with Crippen LogP contribution in [0.25, 0.3) is 0 Å². The maximum Gasteiger partial charge on any atom is 0.416 e. The van der Waals surface area contributed by atoms with Crippen LogP contribution >= 0.6 is 23.4 Å². The molecule has 1 amide bonds. The van der Waals surface area contributed by atoms with Crippen LogP contribution in [0, 0.1) is 0 Å². The summed E-state index contributed by atoms with van der Waals surface area (Å²) >= 11 is 7.25. The third-order valence-electron chi connectivity index (χ3n) is 3.45. The summed E-state index contributed by atoms with van der Waals surface area (Å²) in [6.07, 6.45) is -4.41. The van der Waals surface area contributed by atoms with E-state index in [4.69, 9.17) is 11.6 Å². The lowest BCUT2D eigenvalue weighted by molar-refractivity contribution is -0.137. The molecule has 7 heteroatoms. The predicted octanol–water partition coefficient (Wildman–Crippen LogP) is 5.14. The molecule has 0 radical (unpaired) electrons. The van der Waals surface area contributed by atoms with Gasteiger partial charge in [0, 0.05) is 10.7 Å². The first-order valence-electron chi connectivity index (χ1n) is 6.72. The molecule has 120 valence electrons. The van der Waals surface area contributed by atoms with E-state index in [1.807, 2.05) is 0 Å². The van der Waals surface area contributed by atoms with Crippen LogP contribution in [-0.2, 0) is 11.0 Å². The Morgan fingerprint density at radius 1 is 1.13 bits per heavy atom. The Balaban J connectivity index is 2.00. The number of halogens is 4. The van der Waals surface area contributed by atoms with Crippen molar-refractivity contribution in [2.75, 3.05) is 10.7 Å². The van der Waals surface area contributed by atoms with Gasteiger partial charge in [0.25, 0.3) is 0 Å². The number of anilines is 1. The zero-order chi connectivity index (χ0) is 16.6. The van der Waals surface area contributed by atoms with Crippen molar-refractivity contribution in [1.82, 2.24) is 0 Å². The molecule has 2 nitrogen and oxygen atoms in total. The second-order valence-corrected chi connectivity index (χ2v) is 6.54. The Morgan fingerprint density at radius 2 is 1.87 bits per heavy atom. The molecule has 1 aliphatic rings. The summed E-state index contributed by atoms with van der Waals surface area (Å²) in [7, 11) is 0. The molecular weight excluding hydrogens is 347 g/mol. The number of benzene rings is 2. The minimum absolute atomic E-state index is 0.153. The van der Waals surface area contributed by atoms with Gasteiger partial charge in [0.1, 0.15) is 5.37 Å². The Labute approximate surface area is 140 Å². The van der Waals surface area contributed by atoms with Crippen LogP contribution in [0.2, 0.25) is 5.02 Å². The number of amides is 1. The molecule has 1 aliphatic heterocycles. The maximum absolute atomic E-state index is 12.9. The molecule has 1 fully saturated rings. The van der Waals surface area contributed by atoms with E-state index >= 15 is 0 Å². The topological polar surface area (TPSA) is 20.3 Å². The fourth-order valence-corrected chi connectivity index (χ4v) is 3.80. The SMILES string of the molecule is O=C1CS[C@@H](c2cccc(C(F)(F)F)c2)N1c1cccc(Cl)c1. The molecule has 0 N–H and O–H groups in total. The Hall–Kier alpha value is -1.66. The number of alkyl halides is 3. The fourth-order valence-electron chi connectivity index (χ4n) is 2.44. The number of hydrogen-bond acceptors (Lipinski definition) is 2. The van der Waals surface area contributed by atoms with Crippen molar-refractivity contribution in [2.45, 2.75) is 11.6 Å². The molecule has 23 heavy (non-hydrogen) atoms. The Kier molecular flexibility index (Phi) is 4.29. The molecular formula is C16H11ClF3NOS. The normalized spacial score (nSPS) is 18.5. The highest BCUT2D eigenvalue weighted by atomic mass is 35.5. The molecule has 0 bridgehead atoms. The van der Waals surface area contributed by atoms with Gasteiger partial charge in [-0.05, 0) is 35.9 Å². The first kappa shape index (κ1) is 16.2. The number of hydrogen-bond donors (Lipinski definition) is 0. The van der Waals surface area contributed by atoms with Crippen LogP contribution in [0.15, 0.2) is 48.5 Å². The average molecular weight is 358 g/mol. The van der Waals surface area contributed by atoms with Gasteiger partial charge in [-0.25, -0.2) is 0 Å². The summed E-state index contributed by atoms with van der Waals surface area (Å²) < 4.78 is 38.7. The minimum Gasteiger partial charge on any atom is -0.295 e. The van der Waals surface area contributed by atoms with Crippen molar-refractivity contribution in [3.63, 3.8) is 0 Å². The third-order valence-corrected chi connectivity index (χ3v) is 4.90. The first-order chi connectivity index (χ1) is 10.9. The van der Waals surface area contributed by atoms with Gasteiger partial charge in [0.2, 0.25) is 5.91 Å². The number of thioether (sulfide) groups is 1. The zero-order valence-corrected chi connectivity index (χ0v) is 13.3. The maximum atomic E-state index is 12.9. The molecule has 1 saturated heterocycles. The lowest BCUT2D eigenvalue weighted by atomic mass is 10.1. The molecule has 0 aromatic heterocycles. The predicted molar refractivity (Wildman–Crippen MR) is 85.6 cm³/mol. The number of nitrogens with zero attached hydrogens (tertiary/aromatic N) is 1. The first-order valence-corrected chi connectivity index (χ1v) is 8.15. The molecule has 2 aromatic carbocycles. The van der Waals surface area contributed by atoms with Gasteiger partial charge in [0.15, 0.2) is 0 Å². The van der Waals surface area contributed by atoms with E-state index in [1.54, 1.807) is 30.3 Å². The molecule has 2 aromatic rings. The van der Waals surface area contributed by atoms with Crippen molar-refractivity contribution in [1.29, 1.82) is 0 Å². The Morgan fingerprint density at radius 3 is 2.57 bits per heavy atom. The van der Waals surface area contributed by atoms with E-state index < -0.39 is 17.1 Å². The van der Waals surface area contributed by atoms with Crippen LogP contribution in [0.3, 0.4) is 0 Å². The van der Waals surface area contributed by atoms with Crippen molar-refractivity contribution >= 4 is 35.0 Å². The average Bonchev–Trinajstić information content (AvgIpc) is 2.88. The van der Waals surface area contributed by atoms with Gasteiger partial charge in [-0.1, -0.05) is 29.8 Å². The van der Waals surface area contributed by atoms with Crippen LogP contribution in [0.5, 0.6) is 0 Å². The van der Waals surface area contributed by atoms with E-state index in [9.17, 15) is 18.0 Å². The molecule has 3 rings (SSSR count). The number of rotatable bonds is 2. The second kappa shape index (κ2) is 6.09. The van der Waals surface area contributed by atoms with Crippen molar-refractivity contribution in [3.8, 4) is 0 Å². The van der Waals surface area contributed by atoms with Gasteiger partial charge in [-0.3, -0.25) is 9.69 Å². The fraction of sp³-hybridized carbons (Fsp3) is 0.188. The molecule has 0 saturated carbocycles. The Bertz CT molecular complexity index is 750. The standard InChI is InChI=1S/C16H11ClF3NOS/c17-12-5-2-6-13(8-12)21-14(22)9-23-15(21)10-3-1-4-11(7-10)16(18,19)20/h1-8,15H,9H2/t15-/m0/s1. The van der Waals surface area contributed by atoms with Gasteiger partial charge in [-0.15, -0.1) is 11.8 Å². The summed E-state index contributed by atoms with van der Waals surface area (Å²) in [4.78, 5) is 13.7. The van der Waals surface area contributed by atoms with Crippen molar-refractivity contribution < 1.29 is 18.0 Å². The van der Waals surface area contributed by atoms with Crippen LogP contribution in [0.1, 0.15) is 16.5 Å². The molecule has 1 atom stereocenters. The third kappa shape index (κ3) is 3.33. The summed E-state index contributed by atoms with van der Waals surface area (Å²) in [5.41, 5.74) is 0.298. The highest BCUT2D eigenvalue weighted by Gasteiger charge is 2.36. The lowest BCUT2D eigenvalue weighted by Crippen LogP contribution is -2.27. The van der Waals surface area contributed by atoms with Gasteiger partial charge >= 0.3 is 6.18 Å². The van der Waals surface area contributed by atoms with Crippen LogP contribution in [0.4, 0.5) is 18.9 Å². The summed E-state index contributed by atoms with van der Waals surface area (Å²) in [5, 5.41) is -0.0294. The van der Waals surface area contributed by atoms with Gasteiger partial charge in [0.05, 0.1) is 11.3 Å². The van der Waals surface area contributed by atoms with E-state index in [0.29, 0.717) is 16.3 Å². The summed E-state index contributed by atoms with van der Waals surface area (Å²) in [6, 6.07) is 11.8. The second-order valence-electron chi connectivity index (χ2n) is 5.03. The highest BCUT2D eigenvalue weighted by molar-refractivity contribution is 8.00. The summed E-state index contributed by atoms with van der Waals surface area (Å²) in [6.45, 7) is 0. The van der Waals surface area contributed by atoms with Gasteiger partial charge < -0.3 is 0 Å². The smallest absolute Gasteiger partial charge is 0.295 e. The van der Waals surface area contributed by atoms with E-state index in [1.165, 1.54) is 22.7 Å². The van der Waals surface area contributed by atoms with E-state index in [-0.39, 0.29) is 11.7 Å². The highest BCUT2D eigenvalue weighted by Crippen LogP contribution is 2.43. The summed E-state index contributed by atoms with van der Waals surface area (Å²) in [5.74, 6) is 0.0626. The van der Waals surface area contributed by atoms with Crippen LogP contribution in [-0.4, -0.2) is 11.7 Å². The van der Waals surface area contributed by atoms with Gasteiger partial charge in [-0.2, -0.15) is 13.2 Å². The molecule has 0 spiro atoms. The van der Waals surface area contributed by atoms with E-state index in [0.717, 1.165) is 12.1 Å². The van der Waals surface area contributed by atoms with Crippen molar-refractivity contribution in [2.24, 2.45) is 0 Å². The molecule has 1 heterocycles. The van der Waals surface area contributed by atoms with Crippen molar-refractivity contribution in [3.05, 3.63) is 64.7 Å². The molecule has 0 unspecified atom stereocenters. The quantitative estimate of drug-likeness (QED) is 0.742. The van der Waals surface area contributed by atoms with Crippen LogP contribution < -0.4 is 4.90 Å². The monoisotopic (exact) mass is 357 g/mol. The molecule has 0 aliphatic carbocycles. The van der Waals surface area contributed by atoms with E-state index in [2.05, 4.69) is 0 Å². The minimum atomic E-state index is -4.41. The number of carbonyl (C=O) groups is 1. The largest absolute Gasteiger partial charge is 0.416 e. The zero-order valence-electron chi connectivity index (χ0n) is 11.7. The lowest BCUT2D eigenvalue weighted by Gasteiger charge is -2.25. The number of carbonyl (C=O) groups excluding carboxylic acids is 1.